The number of aryl methyl sites for hydroxylation is 2. The van der Waals surface area contributed by atoms with Gasteiger partial charge in [0.15, 0.2) is 0 Å². The predicted octanol–water partition coefficient (Wildman–Crippen LogP) is 6.32. The molecule has 2 aromatic carbocycles. The Morgan fingerprint density at radius 2 is 1.87 bits per heavy atom. The van der Waals surface area contributed by atoms with Crippen LogP contribution in [-0.2, 0) is 24.0 Å². The van der Waals surface area contributed by atoms with E-state index in [1.807, 2.05) is 50.2 Å². The summed E-state index contributed by atoms with van der Waals surface area (Å²) in [4.78, 5) is 23.5. The Morgan fingerprint density at radius 3 is 2.50 bits per heavy atom. The third-order valence-electron chi connectivity index (χ3n) is 6.73. The summed E-state index contributed by atoms with van der Waals surface area (Å²) in [6.45, 7) is 3.31. The number of nitrogens with zero attached hydrogens (tertiary/aromatic N) is 3. The Labute approximate surface area is 232 Å². The number of benzene rings is 2. The molecule has 0 bridgehead atoms. The molecule has 2 heterocycles. The fourth-order valence-corrected chi connectivity index (χ4v) is 5.41. The van der Waals surface area contributed by atoms with E-state index in [2.05, 4.69) is 5.32 Å². The van der Waals surface area contributed by atoms with Crippen LogP contribution < -0.4 is 5.32 Å². The van der Waals surface area contributed by atoms with Gasteiger partial charge in [0.05, 0.1) is 53.4 Å². The molecule has 202 valence electrons. The highest BCUT2D eigenvalue weighted by atomic mass is 35.5. The van der Waals surface area contributed by atoms with E-state index in [1.54, 1.807) is 12.1 Å². The fraction of sp³-hybridized carbons (Fsp3) is 0.393. The molecule has 1 fully saturated rings. The summed E-state index contributed by atoms with van der Waals surface area (Å²) in [7, 11) is 0. The summed E-state index contributed by atoms with van der Waals surface area (Å²) in [5, 5.41) is 14.5. The van der Waals surface area contributed by atoms with Gasteiger partial charge in [0.25, 0.3) is 0 Å². The van der Waals surface area contributed by atoms with E-state index in [9.17, 15) is 14.3 Å². The van der Waals surface area contributed by atoms with Gasteiger partial charge in [0, 0.05) is 10.6 Å². The number of alkyl halides is 1. The van der Waals surface area contributed by atoms with Gasteiger partial charge in [0.1, 0.15) is 12.5 Å². The lowest BCUT2D eigenvalue weighted by Crippen LogP contribution is -2.45. The maximum absolute atomic E-state index is 13.1. The number of anilines is 1. The molecule has 7 nitrogen and oxygen atoms in total. The maximum atomic E-state index is 13.1. The van der Waals surface area contributed by atoms with Crippen molar-refractivity contribution in [3.63, 3.8) is 0 Å². The zero-order valence-electron chi connectivity index (χ0n) is 21.3. The lowest BCUT2D eigenvalue weighted by Gasteiger charge is -2.29. The van der Waals surface area contributed by atoms with E-state index >= 15 is 0 Å². The Hall–Kier alpha value is -2.94. The van der Waals surface area contributed by atoms with E-state index in [0.29, 0.717) is 46.5 Å². The minimum atomic E-state index is -1.05. The monoisotopic (exact) mass is 560 g/mol. The molecule has 10 heteroatoms. The first kappa shape index (κ1) is 28.1. The van der Waals surface area contributed by atoms with Crippen molar-refractivity contribution in [1.29, 1.82) is 0 Å². The second-order valence-electron chi connectivity index (χ2n) is 9.11. The minimum Gasteiger partial charge on any atom is -0.465 e. The lowest BCUT2D eigenvalue weighted by molar-refractivity contribution is 0.0450. The number of likely N-dealkylation sites (tertiary alicyclic amines) is 1. The highest BCUT2D eigenvalue weighted by molar-refractivity contribution is 6.36. The van der Waals surface area contributed by atoms with Crippen molar-refractivity contribution in [2.75, 3.05) is 25.1 Å². The molecule has 1 unspecified atom stereocenters. The van der Waals surface area contributed by atoms with Crippen LogP contribution in [0.2, 0.25) is 10.0 Å². The molecule has 0 aliphatic carbocycles. The van der Waals surface area contributed by atoms with Crippen molar-refractivity contribution in [3.05, 3.63) is 75.5 Å². The summed E-state index contributed by atoms with van der Waals surface area (Å²) in [5.41, 5.74) is 3.86. The van der Waals surface area contributed by atoms with Gasteiger partial charge in [0.2, 0.25) is 0 Å². The van der Waals surface area contributed by atoms with E-state index in [4.69, 9.17) is 37.9 Å². The first-order chi connectivity index (χ1) is 18.4. The Bertz CT molecular complexity index is 1260. The van der Waals surface area contributed by atoms with Crippen molar-refractivity contribution in [3.8, 4) is 11.3 Å². The second kappa shape index (κ2) is 12.7. The molecule has 0 radical (unpaired) electrons. The van der Waals surface area contributed by atoms with Crippen molar-refractivity contribution in [2.24, 2.45) is 0 Å². The molecule has 38 heavy (non-hydrogen) atoms. The standard InChI is InChI=1S/C28H31Cl2FN4O3/c1-3-21-25(19-11-10-18(29)15-20(19)30)32-22(4-2)27(33-21)34-26-23(14-17-8-6-5-7-9-17)35(28(36)37)16-24(26)38-13-12-31/h5-11,15,23-24,26H,3-4,12-14,16H2,1-2H3,(H,33,34)(H,36,37)/t23?,24-,26+/m0/s1. The van der Waals surface area contributed by atoms with Crippen LogP contribution >= 0.6 is 23.2 Å². The van der Waals surface area contributed by atoms with Gasteiger partial charge in [-0.15, -0.1) is 0 Å². The Morgan fingerprint density at radius 1 is 1.13 bits per heavy atom. The number of aromatic nitrogens is 2. The molecule has 3 atom stereocenters. The van der Waals surface area contributed by atoms with E-state index in [-0.39, 0.29) is 13.2 Å². The topological polar surface area (TPSA) is 87.6 Å². The molecule has 2 N–H and O–H groups in total. The van der Waals surface area contributed by atoms with Crippen LogP contribution in [0, 0.1) is 0 Å². The summed E-state index contributed by atoms with van der Waals surface area (Å²) in [5.74, 6) is 0.558. The number of hydrogen-bond acceptors (Lipinski definition) is 5. The molecule has 0 spiro atoms. The Balaban J connectivity index is 1.74. The number of rotatable bonds is 10. The van der Waals surface area contributed by atoms with Crippen molar-refractivity contribution in [2.45, 2.75) is 51.3 Å². The molecule has 1 aliphatic rings. The van der Waals surface area contributed by atoms with E-state index in [1.165, 1.54) is 4.90 Å². The molecular weight excluding hydrogens is 530 g/mol. The predicted molar refractivity (Wildman–Crippen MR) is 148 cm³/mol. The average Bonchev–Trinajstić information content (AvgIpc) is 3.24. The van der Waals surface area contributed by atoms with Crippen LogP contribution in [0.25, 0.3) is 11.3 Å². The SMILES string of the molecule is CCc1nc(-c2ccc(Cl)cc2Cl)c(CC)nc1N[C@@H]1C(Cc2ccccc2)N(C(=O)O)C[C@@H]1OCCF. The van der Waals surface area contributed by atoms with Gasteiger partial charge < -0.3 is 20.1 Å². The van der Waals surface area contributed by atoms with Crippen LogP contribution in [0.1, 0.15) is 30.8 Å². The molecule has 0 saturated carbocycles. The van der Waals surface area contributed by atoms with Gasteiger partial charge in [-0.1, -0.05) is 67.4 Å². The summed E-state index contributed by atoms with van der Waals surface area (Å²) < 4.78 is 18.9. The van der Waals surface area contributed by atoms with Gasteiger partial charge in [-0.2, -0.15) is 0 Å². The number of nitrogens with one attached hydrogen (secondary N) is 1. The quantitative estimate of drug-likeness (QED) is 0.302. The molecule has 1 aliphatic heterocycles. The third kappa shape index (κ3) is 6.20. The van der Waals surface area contributed by atoms with Crippen LogP contribution in [0.3, 0.4) is 0 Å². The van der Waals surface area contributed by atoms with E-state index in [0.717, 1.165) is 16.8 Å². The molecule has 1 aromatic heterocycles. The number of ether oxygens (including phenoxy) is 1. The zero-order valence-corrected chi connectivity index (χ0v) is 22.8. The van der Waals surface area contributed by atoms with Gasteiger partial charge >= 0.3 is 6.09 Å². The van der Waals surface area contributed by atoms with Crippen LogP contribution in [-0.4, -0.2) is 64.1 Å². The second-order valence-corrected chi connectivity index (χ2v) is 9.95. The molecule has 3 aromatic rings. The van der Waals surface area contributed by atoms with Crippen LogP contribution in [0.5, 0.6) is 0 Å². The number of carbonyl (C=O) groups is 1. The molecule has 1 saturated heterocycles. The highest BCUT2D eigenvalue weighted by Crippen LogP contribution is 2.34. The van der Waals surface area contributed by atoms with Gasteiger partial charge in [-0.05, 0) is 43.0 Å². The van der Waals surface area contributed by atoms with Crippen LogP contribution in [0.4, 0.5) is 15.0 Å². The molecule has 4 rings (SSSR count). The zero-order chi connectivity index (χ0) is 27.2. The minimum absolute atomic E-state index is 0.116. The van der Waals surface area contributed by atoms with Crippen molar-refractivity contribution in [1.82, 2.24) is 14.9 Å². The summed E-state index contributed by atoms with van der Waals surface area (Å²) in [6.07, 6.45) is 0.0344. The largest absolute Gasteiger partial charge is 0.465 e. The van der Waals surface area contributed by atoms with Gasteiger partial charge in [-0.3, -0.25) is 0 Å². The number of hydrogen-bond donors (Lipinski definition) is 2. The first-order valence-electron chi connectivity index (χ1n) is 12.7. The highest BCUT2D eigenvalue weighted by Gasteiger charge is 2.45. The average molecular weight is 561 g/mol. The first-order valence-corrected chi connectivity index (χ1v) is 13.4. The number of halogens is 3. The van der Waals surface area contributed by atoms with Gasteiger partial charge in [-0.25, -0.2) is 19.2 Å². The normalized spacial score (nSPS) is 19.1. The Kier molecular flexibility index (Phi) is 9.41. The lowest BCUT2D eigenvalue weighted by atomic mass is 9.98. The fourth-order valence-electron chi connectivity index (χ4n) is 4.91. The van der Waals surface area contributed by atoms with Crippen LogP contribution in [0.15, 0.2) is 48.5 Å². The maximum Gasteiger partial charge on any atom is 0.407 e. The number of carboxylic acid groups (broad SMARTS) is 1. The number of amides is 1. The summed E-state index contributed by atoms with van der Waals surface area (Å²) >= 11 is 12.6. The molecular formula is C28H31Cl2FN4O3. The van der Waals surface area contributed by atoms with Crippen molar-refractivity contribution >= 4 is 35.1 Å². The summed E-state index contributed by atoms with van der Waals surface area (Å²) in [6, 6.07) is 14.0. The molecule has 1 amide bonds. The van der Waals surface area contributed by atoms with E-state index < -0.39 is 31.0 Å². The third-order valence-corrected chi connectivity index (χ3v) is 7.28. The smallest absolute Gasteiger partial charge is 0.407 e. The van der Waals surface area contributed by atoms with Crippen molar-refractivity contribution < 1.29 is 19.0 Å².